The summed E-state index contributed by atoms with van der Waals surface area (Å²) in [4.78, 5) is 24.9. The predicted molar refractivity (Wildman–Crippen MR) is 72.7 cm³/mol. The monoisotopic (exact) mass is 250 g/mol. The Labute approximate surface area is 111 Å². The molecule has 0 aromatic heterocycles. The van der Waals surface area contributed by atoms with Gasteiger partial charge in [0, 0.05) is 18.1 Å². The van der Waals surface area contributed by atoms with E-state index >= 15 is 0 Å². The number of carbonyl (C=O) groups excluding carboxylic acids is 2. The van der Waals surface area contributed by atoms with Crippen LogP contribution in [0.15, 0.2) is 0 Å². The molecule has 0 bridgehead atoms. The highest BCUT2D eigenvalue weighted by Gasteiger charge is 2.34. The van der Waals surface area contributed by atoms with E-state index in [-0.39, 0.29) is 36.6 Å². The van der Waals surface area contributed by atoms with Crippen LogP contribution < -0.4 is 5.32 Å². The molecule has 0 saturated heterocycles. The summed E-state index contributed by atoms with van der Waals surface area (Å²) in [6.07, 6.45) is 3.05. The maximum atomic E-state index is 11.9. The standard InChI is InChI=1S/C13H23BN2O2/c1-9(2)15-11-5-4-6-12(11)16(8-10(3)17)13(18)7-14/h9,11-12,15H,4-8H2,1-3H3. The third-order valence-corrected chi connectivity index (χ3v) is 3.32. The fourth-order valence-corrected chi connectivity index (χ4v) is 2.68. The maximum absolute atomic E-state index is 11.9. The van der Waals surface area contributed by atoms with Crippen molar-refractivity contribution >= 4 is 19.5 Å². The van der Waals surface area contributed by atoms with E-state index in [0.29, 0.717) is 6.04 Å². The van der Waals surface area contributed by atoms with Gasteiger partial charge in [-0.3, -0.25) is 9.59 Å². The number of ketones is 1. The van der Waals surface area contributed by atoms with Gasteiger partial charge < -0.3 is 10.2 Å². The largest absolute Gasteiger partial charge is 0.331 e. The zero-order valence-corrected chi connectivity index (χ0v) is 11.6. The van der Waals surface area contributed by atoms with E-state index in [0.717, 1.165) is 19.3 Å². The van der Waals surface area contributed by atoms with Crippen molar-refractivity contribution in [3.05, 3.63) is 0 Å². The molecule has 4 nitrogen and oxygen atoms in total. The van der Waals surface area contributed by atoms with Crippen LogP contribution in [0.2, 0.25) is 6.32 Å². The van der Waals surface area contributed by atoms with Gasteiger partial charge in [0.2, 0.25) is 5.91 Å². The van der Waals surface area contributed by atoms with E-state index < -0.39 is 0 Å². The molecule has 0 heterocycles. The minimum Gasteiger partial charge on any atom is -0.331 e. The summed E-state index contributed by atoms with van der Waals surface area (Å²) in [5, 5.41) is 3.48. The Morgan fingerprint density at radius 2 is 2.06 bits per heavy atom. The molecule has 2 radical (unpaired) electrons. The Morgan fingerprint density at radius 3 is 2.56 bits per heavy atom. The number of carbonyl (C=O) groups is 2. The van der Waals surface area contributed by atoms with Crippen LogP contribution in [-0.2, 0) is 9.59 Å². The molecule has 1 amide bonds. The Morgan fingerprint density at radius 1 is 1.39 bits per heavy atom. The van der Waals surface area contributed by atoms with Crippen molar-refractivity contribution < 1.29 is 9.59 Å². The van der Waals surface area contributed by atoms with Crippen LogP contribution in [0, 0.1) is 0 Å². The molecular formula is C13H23BN2O2. The number of hydrogen-bond acceptors (Lipinski definition) is 3. The molecule has 0 aliphatic heterocycles. The molecule has 0 aromatic rings. The van der Waals surface area contributed by atoms with Gasteiger partial charge in [-0.15, -0.1) is 0 Å². The third-order valence-electron chi connectivity index (χ3n) is 3.32. The van der Waals surface area contributed by atoms with Crippen molar-refractivity contribution in [3.8, 4) is 0 Å². The van der Waals surface area contributed by atoms with E-state index in [1.54, 1.807) is 4.90 Å². The number of amides is 1. The molecule has 1 fully saturated rings. The second-order valence-electron chi connectivity index (χ2n) is 5.35. The molecule has 0 spiro atoms. The first-order valence-electron chi connectivity index (χ1n) is 6.70. The normalized spacial score (nSPS) is 23.3. The van der Waals surface area contributed by atoms with Crippen LogP contribution in [0.1, 0.15) is 40.0 Å². The minimum absolute atomic E-state index is 0.00648. The quantitative estimate of drug-likeness (QED) is 0.713. The first-order valence-corrected chi connectivity index (χ1v) is 6.70. The minimum atomic E-state index is -0.132. The molecule has 0 aromatic carbocycles. The first kappa shape index (κ1) is 15.2. The molecule has 1 N–H and O–H groups in total. The van der Waals surface area contributed by atoms with Crippen LogP contribution in [0.3, 0.4) is 0 Å². The highest BCUT2D eigenvalue weighted by molar-refractivity contribution is 6.19. The van der Waals surface area contributed by atoms with Gasteiger partial charge in [0.15, 0.2) is 0 Å². The number of hydrogen-bond donors (Lipinski definition) is 1. The summed E-state index contributed by atoms with van der Waals surface area (Å²) in [5.41, 5.74) is 0. The van der Waals surface area contributed by atoms with Crippen LogP contribution in [0.25, 0.3) is 0 Å². The molecule has 5 heteroatoms. The second-order valence-corrected chi connectivity index (χ2v) is 5.35. The molecule has 2 atom stereocenters. The highest BCUT2D eigenvalue weighted by atomic mass is 16.2. The lowest BCUT2D eigenvalue weighted by atomic mass is 10.0. The fourth-order valence-electron chi connectivity index (χ4n) is 2.68. The molecule has 100 valence electrons. The smallest absolute Gasteiger partial charge is 0.214 e. The van der Waals surface area contributed by atoms with Gasteiger partial charge in [0.05, 0.1) is 14.4 Å². The zero-order chi connectivity index (χ0) is 13.7. The summed E-state index contributed by atoms with van der Waals surface area (Å²) >= 11 is 0. The van der Waals surface area contributed by atoms with Gasteiger partial charge in [-0.1, -0.05) is 13.8 Å². The average molecular weight is 250 g/mol. The predicted octanol–water partition coefficient (Wildman–Crippen LogP) is 0.910. The average Bonchev–Trinajstić information content (AvgIpc) is 2.71. The van der Waals surface area contributed by atoms with Gasteiger partial charge in [-0.05, 0) is 32.5 Å². The SMILES string of the molecule is [B]CC(=O)N(CC(C)=O)C1CCCC1NC(C)C. The third kappa shape index (κ3) is 4.12. The van der Waals surface area contributed by atoms with Gasteiger partial charge in [-0.2, -0.15) is 0 Å². The number of nitrogens with one attached hydrogen (secondary N) is 1. The lowest BCUT2D eigenvalue weighted by molar-refractivity contribution is -0.135. The molecule has 1 aliphatic carbocycles. The Balaban J connectivity index is 2.76. The molecule has 1 saturated carbocycles. The highest BCUT2D eigenvalue weighted by Crippen LogP contribution is 2.25. The van der Waals surface area contributed by atoms with Crippen molar-refractivity contribution in [1.82, 2.24) is 10.2 Å². The summed E-state index contributed by atoms with van der Waals surface area (Å²) < 4.78 is 0. The maximum Gasteiger partial charge on any atom is 0.214 e. The zero-order valence-electron chi connectivity index (χ0n) is 11.6. The van der Waals surface area contributed by atoms with Gasteiger partial charge in [0.1, 0.15) is 5.78 Å². The molecule has 2 unspecified atom stereocenters. The van der Waals surface area contributed by atoms with E-state index in [1.807, 2.05) is 0 Å². The van der Waals surface area contributed by atoms with Crippen molar-refractivity contribution in [2.24, 2.45) is 0 Å². The summed E-state index contributed by atoms with van der Waals surface area (Å²) in [5.74, 6) is -0.125. The summed E-state index contributed by atoms with van der Waals surface area (Å²) in [6, 6.07) is 0.759. The van der Waals surface area contributed by atoms with Crippen LogP contribution in [0.5, 0.6) is 0 Å². The molecule has 18 heavy (non-hydrogen) atoms. The Bertz CT molecular complexity index is 307. The van der Waals surface area contributed by atoms with Crippen molar-refractivity contribution in [2.75, 3.05) is 6.54 Å². The Kier molecular flexibility index (Phi) is 5.86. The van der Waals surface area contributed by atoms with Crippen molar-refractivity contribution in [3.63, 3.8) is 0 Å². The van der Waals surface area contributed by atoms with Crippen LogP contribution in [0.4, 0.5) is 0 Å². The number of Topliss-reactive ketones (excluding diaryl/α,β-unsaturated/α-hetero) is 1. The lowest BCUT2D eigenvalue weighted by Gasteiger charge is -2.33. The van der Waals surface area contributed by atoms with E-state index in [1.165, 1.54) is 6.92 Å². The van der Waals surface area contributed by atoms with Crippen molar-refractivity contribution in [1.29, 1.82) is 0 Å². The molecule has 1 rings (SSSR count). The lowest BCUT2D eigenvalue weighted by Crippen LogP contribution is -2.52. The summed E-state index contributed by atoms with van der Waals surface area (Å²) in [6.45, 7) is 5.87. The van der Waals surface area contributed by atoms with Crippen LogP contribution >= 0.6 is 0 Å². The van der Waals surface area contributed by atoms with E-state index in [9.17, 15) is 9.59 Å². The van der Waals surface area contributed by atoms with Crippen LogP contribution in [-0.4, -0.2) is 49.1 Å². The fraction of sp³-hybridized carbons (Fsp3) is 0.846. The first-order chi connectivity index (χ1) is 8.45. The number of rotatable bonds is 6. The van der Waals surface area contributed by atoms with E-state index in [4.69, 9.17) is 7.85 Å². The van der Waals surface area contributed by atoms with Crippen molar-refractivity contribution in [2.45, 2.75) is 64.5 Å². The Hall–Kier alpha value is -0.835. The number of nitrogens with zero attached hydrogens (tertiary/aromatic N) is 1. The van der Waals surface area contributed by atoms with Gasteiger partial charge in [0.25, 0.3) is 0 Å². The van der Waals surface area contributed by atoms with Gasteiger partial charge in [-0.25, -0.2) is 0 Å². The summed E-state index contributed by atoms with van der Waals surface area (Å²) in [7, 11) is 5.44. The molecule has 1 aliphatic rings. The van der Waals surface area contributed by atoms with Gasteiger partial charge >= 0.3 is 0 Å². The molecular weight excluding hydrogens is 227 g/mol. The van der Waals surface area contributed by atoms with E-state index in [2.05, 4.69) is 19.2 Å². The topological polar surface area (TPSA) is 49.4 Å². The second kappa shape index (κ2) is 6.93.